The molecule has 0 aromatic heterocycles. The van der Waals surface area contributed by atoms with Crippen LogP contribution < -0.4 is 10.5 Å². The number of rotatable bonds is 4. The van der Waals surface area contributed by atoms with Crippen LogP contribution in [-0.2, 0) is 11.0 Å². The number of ether oxygens (including phenoxy) is 1. The molecule has 0 aliphatic rings. The van der Waals surface area contributed by atoms with Gasteiger partial charge in [0.1, 0.15) is 18.2 Å². The Morgan fingerprint density at radius 1 is 1.17 bits per heavy atom. The predicted octanol–water partition coefficient (Wildman–Crippen LogP) is 3.92. The summed E-state index contributed by atoms with van der Waals surface area (Å²) >= 11 is 2.26. The van der Waals surface area contributed by atoms with Crippen LogP contribution in [0.15, 0.2) is 42.5 Å². The Balaban J connectivity index is 2.10. The molecule has 0 amide bonds. The molecule has 2 aromatic carbocycles. The number of nitrogen functional groups attached to an aromatic ring is 1. The second-order valence-electron chi connectivity index (χ2n) is 3.92. The largest absolute Gasteiger partial charge is 0.489 e. The van der Waals surface area contributed by atoms with Crippen LogP contribution in [0.1, 0.15) is 11.1 Å². The van der Waals surface area contributed by atoms with E-state index in [1.807, 2.05) is 18.2 Å². The monoisotopic (exact) mass is 357 g/mol. The van der Waals surface area contributed by atoms with E-state index in [9.17, 15) is 4.39 Å². The van der Waals surface area contributed by atoms with Gasteiger partial charge in [-0.2, -0.15) is 0 Å². The van der Waals surface area contributed by atoms with Crippen molar-refractivity contribution in [3.63, 3.8) is 0 Å². The number of hydrogen-bond donors (Lipinski definition) is 1. The van der Waals surface area contributed by atoms with Gasteiger partial charge in [-0.1, -0.05) is 34.7 Å². The summed E-state index contributed by atoms with van der Waals surface area (Å²) in [5.41, 5.74) is 8.30. The summed E-state index contributed by atoms with van der Waals surface area (Å²) in [6.07, 6.45) is 0. The highest BCUT2D eigenvalue weighted by molar-refractivity contribution is 14.1. The second kappa shape index (κ2) is 6.04. The van der Waals surface area contributed by atoms with E-state index in [1.54, 1.807) is 12.1 Å². The number of alkyl halides is 1. The number of anilines is 1. The minimum Gasteiger partial charge on any atom is -0.489 e. The van der Waals surface area contributed by atoms with Crippen LogP contribution in [0.4, 0.5) is 10.1 Å². The summed E-state index contributed by atoms with van der Waals surface area (Å²) in [5.74, 6) is 0.547. The Morgan fingerprint density at radius 2 is 2.00 bits per heavy atom. The maximum absolute atomic E-state index is 13.0. The smallest absolute Gasteiger partial charge is 0.123 e. The normalized spacial score (nSPS) is 10.3. The molecule has 0 atom stereocenters. The van der Waals surface area contributed by atoms with Crippen molar-refractivity contribution in [1.29, 1.82) is 0 Å². The van der Waals surface area contributed by atoms with Crippen LogP contribution in [-0.4, -0.2) is 0 Å². The highest BCUT2D eigenvalue weighted by Gasteiger charge is 2.04. The van der Waals surface area contributed by atoms with Gasteiger partial charge in [0.15, 0.2) is 0 Å². The third kappa shape index (κ3) is 3.35. The lowest BCUT2D eigenvalue weighted by molar-refractivity contribution is 0.303. The highest BCUT2D eigenvalue weighted by Crippen LogP contribution is 2.24. The Bertz CT molecular complexity index is 545. The van der Waals surface area contributed by atoms with Gasteiger partial charge in [0, 0.05) is 15.7 Å². The lowest BCUT2D eigenvalue weighted by Crippen LogP contribution is -1.99. The van der Waals surface area contributed by atoms with Gasteiger partial charge in [0.05, 0.1) is 0 Å². The first-order valence-corrected chi connectivity index (χ1v) is 7.03. The molecule has 0 aliphatic carbocycles. The van der Waals surface area contributed by atoms with E-state index in [1.165, 1.54) is 12.1 Å². The van der Waals surface area contributed by atoms with Crippen LogP contribution >= 0.6 is 22.6 Å². The van der Waals surface area contributed by atoms with Crippen molar-refractivity contribution < 1.29 is 9.13 Å². The van der Waals surface area contributed by atoms with Crippen molar-refractivity contribution in [2.75, 3.05) is 5.73 Å². The zero-order valence-corrected chi connectivity index (χ0v) is 11.9. The number of benzene rings is 2. The first-order valence-electron chi connectivity index (χ1n) is 5.50. The van der Waals surface area contributed by atoms with E-state index < -0.39 is 0 Å². The van der Waals surface area contributed by atoms with Gasteiger partial charge in [-0.15, -0.1) is 0 Å². The molecule has 0 aliphatic heterocycles. The quantitative estimate of drug-likeness (QED) is 0.511. The number of hydrogen-bond acceptors (Lipinski definition) is 2. The van der Waals surface area contributed by atoms with Gasteiger partial charge in [-0.25, -0.2) is 4.39 Å². The third-order valence-electron chi connectivity index (χ3n) is 2.51. The summed E-state index contributed by atoms with van der Waals surface area (Å²) in [6, 6.07) is 12.0. The lowest BCUT2D eigenvalue weighted by Gasteiger charge is -2.10. The van der Waals surface area contributed by atoms with Gasteiger partial charge in [-0.05, 0) is 35.9 Å². The van der Waals surface area contributed by atoms with E-state index in [2.05, 4.69) is 22.6 Å². The molecule has 94 valence electrons. The summed E-state index contributed by atoms with van der Waals surface area (Å²) in [7, 11) is 0. The van der Waals surface area contributed by atoms with E-state index in [0.29, 0.717) is 6.61 Å². The Morgan fingerprint density at radius 3 is 2.72 bits per heavy atom. The third-order valence-corrected chi connectivity index (χ3v) is 3.33. The highest BCUT2D eigenvalue weighted by atomic mass is 127. The molecule has 0 fully saturated rings. The fourth-order valence-electron chi connectivity index (χ4n) is 1.63. The fraction of sp³-hybridized carbons (Fsp3) is 0.143. The van der Waals surface area contributed by atoms with E-state index in [-0.39, 0.29) is 5.82 Å². The fourth-order valence-corrected chi connectivity index (χ4v) is 2.23. The molecule has 2 N–H and O–H groups in total. The van der Waals surface area contributed by atoms with Gasteiger partial charge < -0.3 is 10.5 Å². The van der Waals surface area contributed by atoms with Crippen LogP contribution in [0, 0.1) is 5.82 Å². The predicted molar refractivity (Wildman–Crippen MR) is 79.3 cm³/mol. The standard InChI is InChI=1S/C14H13FINO/c15-12-3-1-2-10(6-12)9-18-14-5-4-13(17)7-11(14)8-16/h1-7H,8-9,17H2. The van der Waals surface area contributed by atoms with Gasteiger partial charge in [0.2, 0.25) is 0 Å². The molecule has 0 saturated heterocycles. The molecule has 2 rings (SSSR count). The molecule has 4 heteroatoms. The Hall–Kier alpha value is -1.30. The summed E-state index contributed by atoms with van der Waals surface area (Å²) in [5, 5.41) is 0. The summed E-state index contributed by atoms with van der Waals surface area (Å²) < 4.78 is 19.5. The minimum atomic E-state index is -0.248. The van der Waals surface area contributed by atoms with Crippen molar-refractivity contribution in [3.8, 4) is 5.75 Å². The molecular weight excluding hydrogens is 344 g/mol. The molecule has 0 saturated carbocycles. The van der Waals surface area contributed by atoms with Crippen molar-refractivity contribution in [2.45, 2.75) is 11.0 Å². The maximum atomic E-state index is 13.0. The molecule has 0 heterocycles. The zero-order chi connectivity index (χ0) is 13.0. The van der Waals surface area contributed by atoms with Gasteiger partial charge in [0.25, 0.3) is 0 Å². The van der Waals surface area contributed by atoms with E-state index >= 15 is 0 Å². The topological polar surface area (TPSA) is 35.2 Å². The van der Waals surface area contributed by atoms with E-state index in [4.69, 9.17) is 10.5 Å². The molecule has 2 nitrogen and oxygen atoms in total. The zero-order valence-electron chi connectivity index (χ0n) is 9.70. The molecule has 0 spiro atoms. The average molecular weight is 357 g/mol. The Labute approximate surface area is 119 Å². The maximum Gasteiger partial charge on any atom is 0.123 e. The van der Waals surface area contributed by atoms with Crippen LogP contribution in [0.25, 0.3) is 0 Å². The molecule has 0 unspecified atom stereocenters. The average Bonchev–Trinajstić information content (AvgIpc) is 2.37. The van der Waals surface area contributed by atoms with Crippen LogP contribution in [0.3, 0.4) is 0 Å². The van der Waals surface area contributed by atoms with Crippen molar-refractivity contribution in [3.05, 3.63) is 59.4 Å². The lowest BCUT2D eigenvalue weighted by atomic mass is 10.2. The van der Waals surface area contributed by atoms with Crippen LogP contribution in [0.2, 0.25) is 0 Å². The molecular formula is C14H13FINO. The molecule has 18 heavy (non-hydrogen) atoms. The molecule has 0 radical (unpaired) electrons. The van der Waals surface area contributed by atoms with Gasteiger partial charge >= 0.3 is 0 Å². The minimum absolute atomic E-state index is 0.248. The van der Waals surface area contributed by atoms with Crippen LogP contribution in [0.5, 0.6) is 5.75 Å². The van der Waals surface area contributed by atoms with Crippen molar-refractivity contribution in [1.82, 2.24) is 0 Å². The second-order valence-corrected chi connectivity index (χ2v) is 4.68. The first kappa shape index (κ1) is 13.1. The van der Waals surface area contributed by atoms with Gasteiger partial charge in [-0.3, -0.25) is 0 Å². The van der Waals surface area contributed by atoms with E-state index in [0.717, 1.165) is 27.0 Å². The molecule has 2 aromatic rings. The summed E-state index contributed by atoms with van der Waals surface area (Å²) in [6.45, 7) is 0.352. The first-order chi connectivity index (χ1) is 8.69. The SMILES string of the molecule is Nc1ccc(OCc2cccc(F)c2)c(CI)c1. The van der Waals surface area contributed by atoms with Crippen molar-refractivity contribution >= 4 is 28.3 Å². The Kier molecular flexibility index (Phi) is 4.41. The van der Waals surface area contributed by atoms with Crippen molar-refractivity contribution in [2.24, 2.45) is 0 Å². The molecule has 0 bridgehead atoms. The number of nitrogens with two attached hydrogens (primary N) is 1. The number of halogens is 2. The summed E-state index contributed by atoms with van der Waals surface area (Å²) in [4.78, 5) is 0.